The third kappa shape index (κ3) is 2.44. The van der Waals surface area contributed by atoms with E-state index < -0.39 is 30.4 Å². The molecule has 0 bridgehead atoms. The first-order valence-electron chi connectivity index (χ1n) is 8.14. The number of amides is 4. The van der Waals surface area contributed by atoms with Gasteiger partial charge in [-0.25, -0.2) is 9.69 Å². The van der Waals surface area contributed by atoms with Crippen LogP contribution >= 0.6 is 0 Å². The van der Waals surface area contributed by atoms with E-state index in [2.05, 4.69) is 4.57 Å². The van der Waals surface area contributed by atoms with E-state index >= 15 is 0 Å². The third-order valence-corrected chi connectivity index (χ3v) is 4.60. The van der Waals surface area contributed by atoms with Gasteiger partial charge in [-0.15, -0.1) is 0 Å². The van der Waals surface area contributed by atoms with Gasteiger partial charge in [-0.1, -0.05) is 0 Å². The summed E-state index contributed by atoms with van der Waals surface area (Å²) in [5.74, 6) is -2.13. The van der Waals surface area contributed by atoms with Crippen LogP contribution in [0, 0.1) is 13.8 Å². The summed E-state index contributed by atoms with van der Waals surface area (Å²) in [7, 11) is 0. The number of Topliss-reactive ketones (excluding diaryl/α,β-unsaturated/α-hetero) is 1. The first-order valence-corrected chi connectivity index (χ1v) is 8.14. The van der Waals surface area contributed by atoms with E-state index in [4.69, 9.17) is 0 Å². The largest absolute Gasteiger partial charge is 0.345 e. The number of carbonyl (C=O) groups excluding carboxylic acids is 4. The third-order valence-electron chi connectivity index (χ3n) is 4.60. The first-order chi connectivity index (χ1) is 11.2. The summed E-state index contributed by atoms with van der Waals surface area (Å²) in [6.07, 6.45) is 2.20. The molecule has 1 aromatic rings. The topological polar surface area (TPSA) is 79.7 Å². The summed E-state index contributed by atoms with van der Waals surface area (Å²) < 4.78 is 2.13. The number of nitrogens with zero attached hydrogens (tertiary/aromatic N) is 3. The molecule has 0 aromatic carbocycles. The molecule has 0 radical (unpaired) electrons. The van der Waals surface area contributed by atoms with E-state index in [9.17, 15) is 19.2 Å². The Morgan fingerprint density at radius 1 is 1.17 bits per heavy atom. The van der Waals surface area contributed by atoms with Crippen molar-refractivity contribution in [1.29, 1.82) is 0 Å². The Labute approximate surface area is 140 Å². The molecule has 2 fully saturated rings. The second-order valence-corrected chi connectivity index (χ2v) is 6.75. The van der Waals surface area contributed by atoms with Gasteiger partial charge in [0.05, 0.1) is 6.54 Å². The zero-order valence-corrected chi connectivity index (χ0v) is 14.3. The van der Waals surface area contributed by atoms with Crippen LogP contribution in [0.25, 0.3) is 0 Å². The van der Waals surface area contributed by atoms with Crippen molar-refractivity contribution in [2.24, 2.45) is 0 Å². The molecule has 1 aliphatic carbocycles. The van der Waals surface area contributed by atoms with Gasteiger partial charge in [0.25, 0.3) is 0 Å². The van der Waals surface area contributed by atoms with E-state index in [0.29, 0.717) is 11.6 Å². The average Bonchev–Trinajstić information content (AvgIpc) is 3.25. The van der Waals surface area contributed by atoms with Crippen LogP contribution in [0.3, 0.4) is 0 Å². The molecule has 3 rings (SSSR count). The van der Waals surface area contributed by atoms with Gasteiger partial charge in [-0.3, -0.25) is 19.3 Å². The summed E-state index contributed by atoms with van der Waals surface area (Å²) in [4.78, 5) is 50.4. The molecule has 0 N–H and O–H groups in total. The Balaban J connectivity index is 1.83. The molecule has 24 heavy (non-hydrogen) atoms. The lowest BCUT2D eigenvalue weighted by Crippen LogP contribution is -2.39. The normalized spacial score (nSPS) is 18.3. The summed E-state index contributed by atoms with van der Waals surface area (Å²) in [5, 5.41) is 0. The van der Waals surface area contributed by atoms with Crippen LogP contribution in [0.15, 0.2) is 6.07 Å². The molecule has 2 aliphatic rings. The maximum Gasteiger partial charge on any atom is 0.334 e. The van der Waals surface area contributed by atoms with Crippen molar-refractivity contribution in [3.8, 4) is 0 Å². The molecule has 4 amide bonds. The van der Waals surface area contributed by atoms with Gasteiger partial charge < -0.3 is 4.57 Å². The molecule has 0 atom stereocenters. The minimum Gasteiger partial charge on any atom is -0.345 e. The van der Waals surface area contributed by atoms with E-state index in [0.717, 1.165) is 34.0 Å². The SMILES string of the molecule is Cc1cc(C(=O)CN2C(=O)C(=O)N(C(C)C)C2=O)c(C)n1C1CC1. The monoisotopic (exact) mass is 331 g/mol. The first kappa shape index (κ1) is 16.4. The van der Waals surface area contributed by atoms with Crippen molar-refractivity contribution in [1.82, 2.24) is 14.4 Å². The summed E-state index contributed by atoms with van der Waals surface area (Å²) in [6, 6.07) is 1.10. The van der Waals surface area contributed by atoms with Crippen LogP contribution in [-0.4, -0.2) is 50.6 Å². The van der Waals surface area contributed by atoms with Crippen LogP contribution in [0.4, 0.5) is 4.79 Å². The van der Waals surface area contributed by atoms with E-state index in [1.54, 1.807) is 19.9 Å². The molecule has 1 saturated heterocycles. The Bertz CT molecular complexity index is 758. The van der Waals surface area contributed by atoms with Crippen molar-refractivity contribution in [3.63, 3.8) is 0 Å². The number of hydrogen-bond acceptors (Lipinski definition) is 4. The molecule has 1 aromatic heterocycles. The van der Waals surface area contributed by atoms with Crippen LogP contribution in [0.1, 0.15) is 54.5 Å². The highest BCUT2D eigenvalue weighted by Crippen LogP contribution is 2.38. The second kappa shape index (κ2) is 5.58. The zero-order chi connectivity index (χ0) is 17.8. The number of ketones is 1. The Morgan fingerprint density at radius 3 is 2.29 bits per heavy atom. The van der Waals surface area contributed by atoms with Crippen LogP contribution in [-0.2, 0) is 9.59 Å². The fourth-order valence-corrected chi connectivity index (χ4v) is 3.30. The molecule has 128 valence electrons. The lowest BCUT2D eigenvalue weighted by molar-refractivity contribution is -0.143. The highest BCUT2D eigenvalue weighted by molar-refractivity contribution is 6.45. The molecule has 0 unspecified atom stereocenters. The van der Waals surface area contributed by atoms with Crippen molar-refractivity contribution in [3.05, 3.63) is 23.0 Å². The maximum atomic E-state index is 12.6. The standard InChI is InChI=1S/C17H21N3O4/c1-9(2)19-16(23)15(22)18(17(19)24)8-14(21)13-7-10(3)20(11(13)4)12-5-6-12/h7,9,12H,5-6,8H2,1-4H3. The summed E-state index contributed by atoms with van der Waals surface area (Å²) in [5.41, 5.74) is 2.36. The Morgan fingerprint density at radius 2 is 1.79 bits per heavy atom. The van der Waals surface area contributed by atoms with Crippen LogP contribution in [0.5, 0.6) is 0 Å². The number of urea groups is 1. The number of aryl methyl sites for hydroxylation is 1. The lowest BCUT2D eigenvalue weighted by Gasteiger charge is -2.18. The van der Waals surface area contributed by atoms with E-state index in [1.807, 2.05) is 13.8 Å². The molecular weight excluding hydrogens is 310 g/mol. The van der Waals surface area contributed by atoms with Gasteiger partial charge in [0.2, 0.25) is 0 Å². The molecule has 1 saturated carbocycles. The number of rotatable bonds is 5. The van der Waals surface area contributed by atoms with Crippen molar-refractivity contribution < 1.29 is 19.2 Å². The second-order valence-electron chi connectivity index (χ2n) is 6.75. The van der Waals surface area contributed by atoms with E-state index in [1.165, 1.54) is 0 Å². The van der Waals surface area contributed by atoms with Crippen molar-refractivity contribution in [2.45, 2.75) is 52.6 Å². The average molecular weight is 331 g/mol. The fourth-order valence-electron chi connectivity index (χ4n) is 3.30. The lowest BCUT2D eigenvalue weighted by atomic mass is 10.1. The van der Waals surface area contributed by atoms with Gasteiger partial charge in [0.1, 0.15) is 0 Å². The highest BCUT2D eigenvalue weighted by atomic mass is 16.2. The predicted octanol–water partition coefficient (Wildman–Crippen LogP) is 1.82. The predicted molar refractivity (Wildman–Crippen MR) is 85.6 cm³/mol. The summed E-state index contributed by atoms with van der Waals surface area (Å²) in [6.45, 7) is 6.72. The van der Waals surface area contributed by atoms with Gasteiger partial charge in [0, 0.05) is 29.0 Å². The molecule has 7 heteroatoms. The van der Waals surface area contributed by atoms with Gasteiger partial charge >= 0.3 is 17.8 Å². The van der Waals surface area contributed by atoms with Crippen molar-refractivity contribution >= 4 is 23.6 Å². The molecule has 2 heterocycles. The number of hydrogen-bond donors (Lipinski definition) is 0. The quantitative estimate of drug-likeness (QED) is 0.468. The maximum absolute atomic E-state index is 12.6. The number of imide groups is 2. The highest BCUT2D eigenvalue weighted by Gasteiger charge is 2.46. The Hall–Kier alpha value is -2.44. The smallest absolute Gasteiger partial charge is 0.334 e. The minimum absolute atomic E-state index is 0.324. The molecule has 7 nitrogen and oxygen atoms in total. The molecule has 0 spiro atoms. The van der Waals surface area contributed by atoms with Gasteiger partial charge in [0.15, 0.2) is 5.78 Å². The van der Waals surface area contributed by atoms with Gasteiger partial charge in [-0.2, -0.15) is 0 Å². The van der Waals surface area contributed by atoms with Crippen LogP contribution < -0.4 is 0 Å². The number of aromatic nitrogens is 1. The minimum atomic E-state index is -0.932. The Kier molecular flexibility index (Phi) is 3.81. The van der Waals surface area contributed by atoms with Crippen molar-refractivity contribution in [2.75, 3.05) is 6.54 Å². The summed E-state index contributed by atoms with van der Waals surface area (Å²) >= 11 is 0. The van der Waals surface area contributed by atoms with Crippen LogP contribution in [0.2, 0.25) is 0 Å². The molecular formula is C17H21N3O4. The number of carbonyl (C=O) groups is 4. The van der Waals surface area contributed by atoms with Gasteiger partial charge in [-0.05, 0) is 46.6 Å². The molecule has 1 aliphatic heterocycles. The zero-order valence-electron chi connectivity index (χ0n) is 14.3. The van der Waals surface area contributed by atoms with E-state index in [-0.39, 0.29) is 5.78 Å². The fraction of sp³-hybridized carbons (Fsp3) is 0.529.